The highest BCUT2D eigenvalue weighted by atomic mass is 35.5. The molecule has 0 aliphatic carbocycles. The molecule has 0 radical (unpaired) electrons. The van der Waals surface area contributed by atoms with Crippen LogP contribution >= 0.6 is 22.9 Å². The van der Waals surface area contributed by atoms with Crippen LogP contribution in [0.25, 0.3) is 0 Å². The fraction of sp³-hybridized carbons (Fsp3) is 0.154. The molecule has 94 valence electrons. The van der Waals surface area contributed by atoms with Crippen molar-refractivity contribution in [2.45, 2.75) is 13.0 Å². The molecule has 0 aliphatic rings. The van der Waals surface area contributed by atoms with E-state index in [0.717, 1.165) is 4.88 Å². The van der Waals surface area contributed by atoms with Gasteiger partial charge in [0, 0.05) is 10.4 Å². The molecule has 2 aromatic rings. The third-order valence-corrected chi connectivity index (χ3v) is 3.52. The Morgan fingerprint density at radius 3 is 2.72 bits per heavy atom. The number of carboxylic acid groups (broad SMARTS) is 1. The molecule has 3 nitrogen and oxygen atoms in total. The molecule has 0 spiro atoms. The summed E-state index contributed by atoms with van der Waals surface area (Å²) in [5, 5.41) is 8.81. The summed E-state index contributed by atoms with van der Waals surface area (Å²) >= 11 is 7.28. The molecule has 1 aromatic carbocycles. The lowest BCUT2D eigenvalue weighted by molar-refractivity contribution is -0.136. The first-order valence-corrected chi connectivity index (χ1v) is 6.51. The molecular weight excluding hydrogens is 272 g/mol. The normalized spacial score (nSPS) is 10.3. The van der Waals surface area contributed by atoms with Crippen LogP contribution < -0.4 is 4.74 Å². The van der Waals surface area contributed by atoms with Crippen molar-refractivity contribution in [3.63, 3.8) is 0 Å². The Morgan fingerprint density at radius 2 is 2.06 bits per heavy atom. The highest BCUT2D eigenvalue weighted by Gasteiger charge is 2.08. The van der Waals surface area contributed by atoms with E-state index in [9.17, 15) is 4.79 Å². The zero-order valence-corrected chi connectivity index (χ0v) is 11.0. The first-order valence-electron chi connectivity index (χ1n) is 5.32. The average molecular weight is 283 g/mol. The summed E-state index contributed by atoms with van der Waals surface area (Å²) in [6, 6.07) is 10.9. The Balaban J connectivity index is 2.06. The van der Waals surface area contributed by atoms with E-state index in [1.165, 1.54) is 11.3 Å². The van der Waals surface area contributed by atoms with Crippen molar-refractivity contribution in [3.05, 3.63) is 51.2 Å². The van der Waals surface area contributed by atoms with Crippen LogP contribution in [0, 0.1) is 0 Å². The van der Waals surface area contributed by atoms with Crippen LogP contribution in [-0.2, 0) is 17.8 Å². The number of thiophene rings is 1. The number of rotatable bonds is 5. The lowest BCUT2D eigenvalue weighted by Crippen LogP contribution is -2.03. The number of carbonyl (C=O) groups is 1. The lowest BCUT2D eigenvalue weighted by Gasteiger charge is -2.09. The van der Waals surface area contributed by atoms with E-state index in [0.29, 0.717) is 22.3 Å². The Hall–Kier alpha value is -1.52. The minimum absolute atomic E-state index is 0.0403. The SMILES string of the molecule is O=C(O)Cc1ccccc1OCc1ccc(Cl)s1. The van der Waals surface area contributed by atoms with Crippen LogP contribution in [0.15, 0.2) is 36.4 Å². The van der Waals surface area contributed by atoms with Gasteiger partial charge in [0.15, 0.2) is 0 Å². The molecule has 0 saturated carbocycles. The molecule has 0 bridgehead atoms. The van der Waals surface area contributed by atoms with Gasteiger partial charge in [-0.15, -0.1) is 11.3 Å². The van der Waals surface area contributed by atoms with E-state index in [2.05, 4.69) is 0 Å². The van der Waals surface area contributed by atoms with Crippen molar-refractivity contribution < 1.29 is 14.6 Å². The van der Waals surface area contributed by atoms with Crippen molar-refractivity contribution in [1.82, 2.24) is 0 Å². The molecule has 2 rings (SSSR count). The molecule has 1 aromatic heterocycles. The highest BCUT2D eigenvalue weighted by Crippen LogP contribution is 2.24. The van der Waals surface area contributed by atoms with Gasteiger partial charge in [-0.2, -0.15) is 0 Å². The third-order valence-electron chi connectivity index (χ3n) is 2.31. The number of halogens is 1. The zero-order valence-electron chi connectivity index (χ0n) is 9.43. The van der Waals surface area contributed by atoms with Crippen LogP contribution in [0.3, 0.4) is 0 Å². The van der Waals surface area contributed by atoms with Gasteiger partial charge in [-0.1, -0.05) is 29.8 Å². The number of para-hydroxylation sites is 1. The second kappa shape index (κ2) is 5.89. The van der Waals surface area contributed by atoms with Gasteiger partial charge >= 0.3 is 5.97 Å². The Labute approximate surface area is 114 Å². The van der Waals surface area contributed by atoms with E-state index >= 15 is 0 Å². The Bertz CT molecular complexity index is 551. The molecule has 0 fully saturated rings. The first kappa shape index (κ1) is 12.9. The first-order chi connectivity index (χ1) is 8.65. The quantitative estimate of drug-likeness (QED) is 0.911. The summed E-state index contributed by atoms with van der Waals surface area (Å²) in [4.78, 5) is 11.7. The molecule has 1 heterocycles. The molecule has 18 heavy (non-hydrogen) atoms. The molecule has 1 N–H and O–H groups in total. The standard InChI is InChI=1S/C13H11ClO3S/c14-12-6-5-10(18-12)8-17-11-4-2-1-3-9(11)7-13(15)16/h1-6H,7-8H2,(H,15,16). The highest BCUT2D eigenvalue weighted by molar-refractivity contribution is 7.16. The van der Waals surface area contributed by atoms with Crippen molar-refractivity contribution in [2.75, 3.05) is 0 Å². The van der Waals surface area contributed by atoms with E-state index in [1.54, 1.807) is 18.2 Å². The van der Waals surface area contributed by atoms with Crippen molar-refractivity contribution in [3.8, 4) is 5.75 Å². The molecule has 0 amide bonds. The smallest absolute Gasteiger partial charge is 0.307 e. The second-order valence-electron chi connectivity index (χ2n) is 3.67. The summed E-state index contributed by atoms with van der Waals surface area (Å²) < 4.78 is 6.34. The summed E-state index contributed by atoms with van der Waals surface area (Å²) in [7, 11) is 0. The summed E-state index contributed by atoms with van der Waals surface area (Å²) in [5.41, 5.74) is 0.674. The van der Waals surface area contributed by atoms with Crippen LogP contribution in [0.1, 0.15) is 10.4 Å². The Morgan fingerprint density at radius 1 is 1.28 bits per heavy atom. The predicted octanol–water partition coefficient (Wildman–Crippen LogP) is 3.61. The Kier molecular flexibility index (Phi) is 4.23. The molecule has 0 atom stereocenters. The summed E-state index contributed by atoms with van der Waals surface area (Å²) in [6.07, 6.45) is -0.0403. The summed E-state index contributed by atoms with van der Waals surface area (Å²) in [6.45, 7) is 0.397. The lowest BCUT2D eigenvalue weighted by atomic mass is 10.1. The monoisotopic (exact) mass is 282 g/mol. The van der Waals surface area contributed by atoms with Crippen LogP contribution in [0.2, 0.25) is 4.34 Å². The van der Waals surface area contributed by atoms with Gasteiger partial charge in [0.05, 0.1) is 10.8 Å². The molecule has 0 aliphatic heterocycles. The topological polar surface area (TPSA) is 46.5 Å². The number of hydrogen-bond donors (Lipinski definition) is 1. The zero-order chi connectivity index (χ0) is 13.0. The van der Waals surface area contributed by atoms with Crippen molar-refractivity contribution >= 4 is 28.9 Å². The molecular formula is C13H11ClO3S. The number of ether oxygens (including phenoxy) is 1. The maximum Gasteiger partial charge on any atom is 0.307 e. The fourth-order valence-electron chi connectivity index (χ4n) is 1.53. The summed E-state index contributed by atoms with van der Waals surface area (Å²) in [5.74, 6) is -0.269. The van der Waals surface area contributed by atoms with Crippen molar-refractivity contribution in [1.29, 1.82) is 0 Å². The van der Waals surface area contributed by atoms with E-state index < -0.39 is 5.97 Å². The number of hydrogen-bond acceptors (Lipinski definition) is 3. The van der Waals surface area contributed by atoms with Gasteiger partial charge in [0.1, 0.15) is 12.4 Å². The van der Waals surface area contributed by atoms with E-state index in [4.69, 9.17) is 21.4 Å². The van der Waals surface area contributed by atoms with E-state index in [-0.39, 0.29) is 6.42 Å². The minimum atomic E-state index is -0.870. The molecule has 0 unspecified atom stereocenters. The molecule has 0 saturated heterocycles. The van der Waals surface area contributed by atoms with Crippen molar-refractivity contribution in [2.24, 2.45) is 0 Å². The number of benzene rings is 1. The largest absolute Gasteiger partial charge is 0.488 e. The fourth-order valence-corrected chi connectivity index (χ4v) is 2.53. The number of aliphatic carboxylic acids is 1. The van der Waals surface area contributed by atoms with Gasteiger partial charge in [-0.05, 0) is 18.2 Å². The maximum absolute atomic E-state index is 10.7. The average Bonchev–Trinajstić information content (AvgIpc) is 2.73. The van der Waals surface area contributed by atoms with Gasteiger partial charge < -0.3 is 9.84 Å². The van der Waals surface area contributed by atoms with Gasteiger partial charge in [-0.25, -0.2) is 0 Å². The third kappa shape index (κ3) is 3.48. The van der Waals surface area contributed by atoms with Crippen LogP contribution in [-0.4, -0.2) is 11.1 Å². The minimum Gasteiger partial charge on any atom is -0.488 e. The van der Waals surface area contributed by atoms with E-state index in [1.807, 2.05) is 18.2 Å². The molecule has 5 heteroatoms. The second-order valence-corrected chi connectivity index (χ2v) is 5.47. The van der Waals surface area contributed by atoms with Crippen LogP contribution in [0.5, 0.6) is 5.75 Å². The number of carboxylic acids is 1. The predicted molar refractivity (Wildman–Crippen MR) is 71.4 cm³/mol. The van der Waals surface area contributed by atoms with Gasteiger partial charge in [0.2, 0.25) is 0 Å². The maximum atomic E-state index is 10.7. The van der Waals surface area contributed by atoms with Gasteiger partial charge in [-0.3, -0.25) is 4.79 Å². The van der Waals surface area contributed by atoms with Gasteiger partial charge in [0.25, 0.3) is 0 Å². The van der Waals surface area contributed by atoms with Crippen LogP contribution in [0.4, 0.5) is 0 Å².